The van der Waals surface area contributed by atoms with Gasteiger partial charge in [-0.3, -0.25) is 9.59 Å². The van der Waals surface area contributed by atoms with E-state index in [0.717, 1.165) is 0 Å². The number of benzene rings is 2. The van der Waals surface area contributed by atoms with Gasteiger partial charge < -0.3 is 30.7 Å². The normalized spacial score (nSPS) is 30.4. The van der Waals surface area contributed by atoms with E-state index in [0.29, 0.717) is 5.69 Å². The molecule has 2 aliphatic carbocycles. The first-order valence-corrected chi connectivity index (χ1v) is 11.1. The molecule has 0 radical (unpaired) electrons. The number of hydrogen-bond donors (Lipinski definition) is 5. The molecule has 0 spiro atoms. The molecule has 1 saturated heterocycles. The number of nitrogens with one attached hydrogen (secondary N) is 2. The van der Waals surface area contributed by atoms with Crippen molar-refractivity contribution >= 4 is 22.9 Å². The van der Waals surface area contributed by atoms with Gasteiger partial charge >= 0.3 is 0 Å². The number of epoxide rings is 1. The summed E-state index contributed by atoms with van der Waals surface area (Å²) in [5, 5.41) is 39.1. The van der Waals surface area contributed by atoms with E-state index in [9.17, 15) is 24.9 Å². The lowest BCUT2D eigenvalue weighted by atomic mass is 9.69. The Bertz CT molecular complexity index is 1520. The van der Waals surface area contributed by atoms with Gasteiger partial charge in [0, 0.05) is 29.4 Å². The second-order valence-corrected chi connectivity index (χ2v) is 8.93. The lowest BCUT2D eigenvalue weighted by Crippen LogP contribution is -2.54. The Morgan fingerprint density at radius 2 is 1.80 bits per heavy atom. The standard InChI is InChI=1S/C27H20N2O6/c1-13(30)26-19-7-5-3-4-6-8-20(32)27(26,35-26)17-12-18(31)21-22(23(17)29-19)24(33)15-10-9-14(28-2)11-16(15)25(21)34/h3-4,9-13,19-20,28-32H,1-2H3/b4-3-/t13-,19+,20-,26+,27+/m1/s1. The quantitative estimate of drug-likeness (QED) is 0.216. The molecule has 5 N–H and O–H groups in total. The van der Waals surface area contributed by atoms with E-state index in [1.807, 2.05) is 0 Å². The minimum Gasteiger partial charge on any atom is -0.507 e. The summed E-state index contributed by atoms with van der Waals surface area (Å²) in [5.74, 6) is 9.87. The summed E-state index contributed by atoms with van der Waals surface area (Å²) in [6.07, 6.45) is 0.490. The Labute approximate surface area is 200 Å². The second-order valence-electron chi connectivity index (χ2n) is 8.93. The van der Waals surface area contributed by atoms with Crippen LogP contribution >= 0.6 is 0 Å². The van der Waals surface area contributed by atoms with E-state index in [1.165, 1.54) is 25.1 Å². The van der Waals surface area contributed by atoms with Crippen LogP contribution in [0.4, 0.5) is 11.4 Å². The van der Waals surface area contributed by atoms with Crippen molar-refractivity contribution in [2.45, 2.75) is 36.4 Å². The van der Waals surface area contributed by atoms with Gasteiger partial charge in [-0.1, -0.05) is 23.7 Å². The van der Waals surface area contributed by atoms with E-state index in [2.05, 4.69) is 34.3 Å². The molecule has 2 heterocycles. The minimum absolute atomic E-state index is 0.0247. The Balaban J connectivity index is 1.66. The maximum absolute atomic E-state index is 13.7. The number of allylic oxidation sites excluding steroid dienone is 2. The zero-order valence-corrected chi connectivity index (χ0v) is 18.8. The number of ketones is 2. The van der Waals surface area contributed by atoms with Crippen molar-refractivity contribution in [3.8, 4) is 29.4 Å². The van der Waals surface area contributed by atoms with Crippen LogP contribution in [0.1, 0.15) is 44.3 Å². The number of aliphatic hydroxyl groups is 2. The van der Waals surface area contributed by atoms with E-state index in [1.54, 1.807) is 25.2 Å². The summed E-state index contributed by atoms with van der Waals surface area (Å²) < 4.78 is 6.15. The van der Waals surface area contributed by atoms with Crippen LogP contribution in [0, 0.1) is 23.7 Å². The summed E-state index contributed by atoms with van der Waals surface area (Å²) in [7, 11) is 1.70. The van der Waals surface area contributed by atoms with Crippen molar-refractivity contribution in [1.29, 1.82) is 0 Å². The molecule has 2 aromatic carbocycles. The third-order valence-electron chi connectivity index (χ3n) is 7.25. The van der Waals surface area contributed by atoms with E-state index in [4.69, 9.17) is 4.74 Å². The molecule has 8 nitrogen and oxygen atoms in total. The summed E-state index contributed by atoms with van der Waals surface area (Å²) >= 11 is 0. The SMILES string of the molecule is CNc1ccc2c(c1)C(=O)c1c(O)cc3c(c1C2=O)N[C@H]1C#C/C=C\C#C[C@@H](O)[C@@]32O[C@@]12[C@@H](C)O. The molecule has 6 rings (SSSR count). The maximum Gasteiger partial charge on any atom is 0.198 e. The fourth-order valence-electron chi connectivity index (χ4n) is 5.60. The van der Waals surface area contributed by atoms with E-state index in [-0.39, 0.29) is 33.5 Å². The van der Waals surface area contributed by atoms with Gasteiger partial charge in [0.1, 0.15) is 11.8 Å². The van der Waals surface area contributed by atoms with Crippen LogP contribution in [0.15, 0.2) is 36.4 Å². The molecule has 0 aromatic heterocycles. The molecule has 2 aliphatic heterocycles. The number of rotatable bonds is 2. The fraction of sp³-hybridized carbons (Fsp3) is 0.259. The molecular weight excluding hydrogens is 448 g/mol. The van der Waals surface area contributed by atoms with Crippen LogP contribution in [0.2, 0.25) is 0 Å². The summed E-state index contributed by atoms with van der Waals surface area (Å²) in [4.78, 5) is 27.2. The predicted octanol–water partition coefficient (Wildman–Crippen LogP) is 1.29. The van der Waals surface area contributed by atoms with Crippen molar-refractivity contribution in [2.24, 2.45) is 0 Å². The molecule has 4 aliphatic rings. The molecular formula is C27H20N2O6. The van der Waals surface area contributed by atoms with Crippen LogP contribution < -0.4 is 10.6 Å². The van der Waals surface area contributed by atoms with Crippen LogP contribution in [0.3, 0.4) is 0 Å². The number of aromatic hydroxyl groups is 1. The molecule has 8 heteroatoms. The number of fused-ring (bicyclic) bond motifs is 4. The average Bonchev–Trinajstić information content (AvgIpc) is 3.57. The van der Waals surface area contributed by atoms with Gasteiger partial charge in [0.15, 0.2) is 28.9 Å². The zero-order valence-electron chi connectivity index (χ0n) is 18.8. The molecule has 0 saturated carbocycles. The summed E-state index contributed by atoms with van der Waals surface area (Å²) in [6, 6.07) is 5.28. The molecule has 174 valence electrons. The topological polar surface area (TPSA) is 131 Å². The lowest BCUT2D eigenvalue weighted by molar-refractivity contribution is 0.0867. The number of hydrogen-bond acceptors (Lipinski definition) is 8. The summed E-state index contributed by atoms with van der Waals surface area (Å²) in [6.45, 7) is 1.52. The average molecular weight is 468 g/mol. The fourth-order valence-corrected chi connectivity index (χ4v) is 5.60. The predicted molar refractivity (Wildman–Crippen MR) is 126 cm³/mol. The molecule has 0 unspecified atom stereocenters. The van der Waals surface area contributed by atoms with E-state index >= 15 is 0 Å². The smallest absolute Gasteiger partial charge is 0.198 e. The van der Waals surface area contributed by atoms with Crippen molar-refractivity contribution in [3.05, 3.63) is 64.2 Å². The second kappa shape index (κ2) is 6.97. The van der Waals surface area contributed by atoms with Crippen LogP contribution in [0.25, 0.3) is 0 Å². The highest BCUT2D eigenvalue weighted by Gasteiger charge is 2.82. The third kappa shape index (κ3) is 2.48. The van der Waals surface area contributed by atoms with Crippen molar-refractivity contribution in [1.82, 2.24) is 0 Å². The van der Waals surface area contributed by atoms with Crippen LogP contribution in [-0.4, -0.2) is 57.8 Å². The first-order valence-electron chi connectivity index (χ1n) is 11.1. The number of carbonyl (C=O) groups excluding carboxylic acids is 2. The Morgan fingerprint density at radius 3 is 2.51 bits per heavy atom. The number of ether oxygens (including phenoxy) is 1. The molecule has 2 bridgehead atoms. The monoisotopic (exact) mass is 468 g/mol. The zero-order chi connectivity index (χ0) is 24.7. The number of aliphatic hydroxyl groups excluding tert-OH is 2. The number of anilines is 2. The van der Waals surface area contributed by atoms with Crippen molar-refractivity contribution in [2.75, 3.05) is 17.7 Å². The maximum atomic E-state index is 13.7. The molecule has 1 fully saturated rings. The lowest BCUT2D eigenvalue weighted by Gasteiger charge is -2.37. The number of phenols is 1. The van der Waals surface area contributed by atoms with Gasteiger partial charge in [-0.05, 0) is 43.3 Å². The number of carbonyl (C=O) groups is 2. The molecule has 5 atom stereocenters. The Kier molecular flexibility index (Phi) is 4.27. The molecule has 35 heavy (non-hydrogen) atoms. The Hall–Kier alpha value is -4.08. The van der Waals surface area contributed by atoms with Gasteiger partial charge in [0.05, 0.1) is 22.9 Å². The number of phenolic OH excluding ortho intramolecular Hbond substituents is 1. The van der Waals surface area contributed by atoms with Gasteiger partial charge in [0.25, 0.3) is 0 Å². The van der Waals surface area contributed by atoms with Gasteiger partial charge in [-0.15, -0.1) is 0 Å². The summed E-state index contributed by atoms with van der Waals surface area (Å²) in [5.41, 5.74) is -1.66. The van der Waals surface area contributed by atoms with E-state index < -0.39 is 46.8 Å². The third-order valence-corrected chi connectivity index (χ3v) is 7.25. The highest BCUT2D eigenvalue weighted by Crippen LogP contribution is 2.67. The highest BCUT2D eigenvalue weighted by molar-refractivity contribution is 6.31. The first kappa shape index (κ1) is 21.5. The largest absolute Gasteiger partial charge is 0.507 e. The van der Waals surface area contributed by atoms with Gasteiger partial charge in [0.2, 0.25) is 0 Å². The van der Waals surface area contributed by atoms with Gasteiger partial charge in [-0.25, -0.2) is 0 Å². The van der Waals surface area contributed by atoms with Crippen molar-refractivity contribution in [3.63, 3.8) is 0 Å². The first-order chi connectivity index (χ1) is 16.8. The molecule has 2 aromatic rings. The van der Waals surface area contributed by atoms with Gasteiger partial charge in [-0.2, -0.15) is 0 Å². The van der Waals surface area contributed by atoms with Crippen LogP contribution in [-0.2, 0) is 10.3 Å². The van der Waals surface area contributed by atoms with Crippen LogP contribution in [0.5, 0.6) is 5.75 Å². The highest BCUT2D eigenvalue weighted by atomic mass is 16.7. The minimum atomic E-state index is -1.58. The molecule has 0 amide bonds. The van der Waals surface area contributed by atoms with Crippen molar-refractivity contribution < 1.29 is 29.6 Å². The Morgan fingerprint density at radius 1 is 1.09 bits per heavy atom.